The Bertz CT molecular complexity index is 1060. The van der Waals surface area contributed by atoms with E-state index >= 15 is 0 Å². The second-order valence-corrected chi connectivity index (χ2v) is 10.4. The van der Waals surface area contributed by atoms with Crippen molar-refractivity contribution in [1.82, 2.24) is 9.71 Å². The topological polar surface area (TPSA) is 129 Å². The number of carboxylic acids is 1. The van der Waals surface area contributed by atoms with Gasteiger partial charge in [0.05, 0.1) is 5.75 Å². The highest BCUT2D eigenvalue weighted by atomic mass is 35.5. The van der Waals surface area contributed by atoms with Crippen molar-refractivity contribution in [2.45, 2.75) is 45.1 Å². The van der Waals surface area contributed by atoms with Crippen molar-refractivity contribution in [3.63, 3.8) is 0 Å². The Balaban J connectivity index is 0.00000432. The molecule has 1 saturated heterocycles. The summed E-state index contributed by atoms with van der Waals surface area (Å²) in [4.78, 5) is 30.6. The minimum absolute atomic E-state index is 0. The number of nitrogens with one attached hydrogen (secondary N) is 2. The SMILES string of the molecule is CCCCS(=O)(=O)NC(Cc1ccc(NC(=O)C2CCN(c3ccncc3)CC2)cc1)C(=O)O.Cl. The van der Waals surface area contributed by atoms with Crippen molar-refractivity contribution in [1.29, 1.82) is 0 Å². The van der Waals surface area contributed by atoms with Gasteiger partial charge in [0, 0.05) is 42.8 Å². The van der Waals surface area contributed by atoms with Gasteiger partial charge < -0.3 is 15.3 Å². The summed E-state index contributed by atoms with van der Waals surface area (Å²) in [6.07, 6.45) is 6.22. The summed E-state index contributed by atoms with van der Waals surface area (Å²) in [5.74, 6) is -1.43. The zero-order valence-electron chi connectivity index (χ0n) is 19.7. The number of nitrogens with zero attached hydrogens (tertiary/aromatic N) is 2. The van der Waals surface area contributed by atoms with Gasteiger partial charge in [-0.2, -0.15) is 0 Å². The predicted molar refractivity (Wildman–Crippen MR) is 138 cm³/mol. The van der Waals surface area contributed by atoms with E-state index in [-0.39, 0.29) is 36.4 Å². The first-order chi connectivity index (χ1) is 16.3. The maximum Gasteiger partial charge on any atom is 0.322 e. The first-order valence-corrected chi connectivity index (χ1v) is 13.2. The number of piperidine rings is 1. The van der Waals surface area contributed by atoms with Crippen LogP contribution in [0, 0.1) is 5.92 Å². The molecule has 1 unspecified atom stereocenters. The molecule has 1 atom stereocenters. The smallest absolute Gasteiger partial charge is 0.322 e. The summed E-state index contributed by atoms with van der Waals surface area (Å²) in [5.41, 5.74) is 2.40. The molecule has 2 heterocycles. The molecule has 1 aromatic heterocycles. The third kappa shape index (κ3) is 8.79. The van der Waals surface area contributed by atoms with E-state index in [1.54, 1.807) is 36.7 Å². The van der Waals surface area contributed by atoms with Crippen molar-refractivity contribution < 1.29 is 23.1 Å². The maximum absolute atomic E-state index is 12.7. The minimum Gasteiger partial charge on any atom is -0.480 e. The molecule has 1 aliphatic heterocycles. The van der Waals surface area contributed by atoms with Crippen molar-refractivity contribution in [3.8, 4) is 0 Å². The highest BCUT2D eigenvalue weighted by molar-refractivity contribution is 7.89. The van der Waals surface area contributed by atoms with E-state index in [0.29, 0.717) is 24.1 Å². The van der Waals surface area contributed by atoms with E-state index in [0.717, 1.165) is 31.6 Å². The Labute approximate surface area is 212 Å². The van der Waals surface area contributed by atoms with Gasteiger partial charge in [-0.25, -0.2) is 13.1 Å². The van der Waals surface area contributed by atoms with E-state index in [9.17, 15) is 23.1 Å². The number of sulfonamides is 1. The number of anilines is 2. The highest BCUT2D eigenvalue weighted by Crippen LogP contribution is 2.24. The molecule has 1 amide bonds. The van der Waals surface area contributed by atoms with Crippen LogP contribution in [0.3, 0.4) is 0 Å². The zero-order chi connectivity index (χ0) is 24.6. The number of halogens is 1. The van der Waals surface area contributed by atoms with Gasteiger partial charge in [-0.05, 0) is 55.5 Å². The van der Waals surface area contributed by atoms with Gasteiger partial charge in [-0.15, -0.1) is 12.4 Å². The number of amides is 1. The molecule has 3 N–H and O–H groups in total. The van der Waals surface area contributed by atoms with Crippen LogP contribution in [0.5, 0.6) is 0 Å². The van der Waals surface area contributed by atoms with Crippen LogP contribution in [0.2, 0.25) is 0 Å². The summed E-state index contributed by atoms with van der Waals surface area (Å²) in [6, 6.07) is 9.52. The molecule has 11 heteroatoms. The molecule has 1 fully saturated rings. The Hall–Kier alpha value is -2.69. The lowest BCUT2D eigenvalue weighted by Crippen LogP contribution is -2.43. The summed E-state index contributed by atoms with van der Waals surface area (Å²) >= 11 is 0. The Morgan fingerprint density at radius 3 is 2.31 bits per heavy atom. The van der Waals surface area contributed by atoms with Crippen LogP contribution in [0.1, 0.15) is 38.2 Å². The van der Waals surface area contributed by atoms with E-state index < -0.39 is 22.0 Å². The number of aromatic nitrogens is 1. The average Bonchev–Trinajstić information content (AvgIpc) is 2.84. The van der Waals surface area contributed by atoms with Gasteiger partial charge in [-0.3, -0.25) is 14.6 Å². The Morgan fingerprint density at radius 2 is 1.74 bits per heavy atom. The summed E-state index contributed by atoms with van der Waals surface area (Å²) in [7, 11) is -3.66. The standard InChI is InChI=1S/C24H32N4O5S.ClH/c1-2-3-16-34(32,33)27-22(24(30)31)17-18-4-6-20(7-5-18)26-23(29)19-10-14-28(15-11-19)21-8-12-25-13-9-21;/h4-9,12-13,19,22,27H,2-3,10-11,14-17H2,1H3,(H,26,29)(H,30,31);1H. The van der Waals surface area contributed by atoms with Crippen molar-refractivity contribution in [2.75, 3.05) is 29.1 Å². The van der Waals surface area contributed by atoms with Gasteiger partial charge in [-0.1, -0.05) is 25.5 Å². The first-order valence-electron chi connectivity index (χ1n) is 11.5. The monoisotopic (exact) mass is 524 g/mol. The highest BCUT2D eigenvalue weighted by Gasteiger charge is 2.26. The molecule has 0 bridgehead atoms. The fraction of sp³-hybridized carbons (Fsp3) is 0.458. The van der Waals surface area contributed by atoms with Crippen LogP contribution in [0.15, 0.2) is 48.8 Å². The van der Waals surface area contributed by atoms with Crippen LogP contribution in [-0.4, -0.2) is 55.3 Å². The van der Waals surface area contributed by atoms with E-state index in [1.807, 2.05) is 19.1 Å². The fourth-order valence-corrected chi connectivity index (χ4v) is 5.35. The van der Waals surface area contributed by atoms with Crippen LogP contribution in [-0.2, 0) is 26.0 Å². The molecule has 1 aliphatic rings. The second-order valence-electron chi connectivity index (χ2n) is 8.54. The lowest BCUT2D eigenvalue weighted by molar-refractivity contribution is -0.138. The van der Waals surface area contributed by atoms with Crippen LogP contribution in [0.4, 0.5) is 11.4 Å². The molecular weight excluding hydrogens is 492 g/mol. The maximum atomic E-state index is 12.7. The number of carbonyl (C=O) groups is 2. The summed E-state index contributed by atoms with van der Waals surface area (Å²) < 4.78 is 26.5. The number of carbonyl (C=O) groups excluding carboxylic acids is 1. The molecule has 192 valence electrons. The number of hydrogen-bond acceptors (Lipinski definition) is 6. The first kappa shape index (κ1) is 28.5. The van der Waals surface area contributed by atoms with Gasteiger partial charge in [0.2, 0.25) is 15.9 Å². The van der Waals surface area contributed by atoms with E-state index in [2.05, 4.69) is 19.9 Å². The van der Waals surface area contributed by atoms with E-state index in [1.165, 1.54) is 0 Å². The number of hydrogen-bond donors (Lipinski definition) is 3. The number of pyridine rings is 1. The van der Waals surface area contributed by atoms with Gasteiger partial charge in [0.15, 0.2) is 0 Å². The number of aliphatic carboxylic acids is 1. The third-order valence-corrected chi connectivity index (χ3v) is 7.41. The largest absolute Gasteiger partial charge is 0.480 e. The Kier molecular flexibility index (Phi) is 10.9. The number of carboxylic acid groups (broad SMARTS) is 1. The predicted octanol–water partition coefficient (Wildman–Crippen LogP) is 3.07. The minimum atomic E-state index is -3.66. The fourth-order valence-electron chi connectivity index (χ4n) is 3.95. The lowest BCUT2D eigenvalue weighted by atomic mass is 9.95. The van der Waals surface area contributed by atoms with Gasteiger partial charge in [0.1, 0.15) is 6.04 Å². The molecule has 0 spiro atoms. The van der Waals surface area contributed by atoms with Crippen LogP contribution < -0.4 is 14.9 Å². The van der Waals surface area contributed by atoms with E-state index in [4.69, 9.17) is 0 Å². The Morgan fingerprint density at radius 1 is 1.11 bits per heavy atom. The van der Waals surface area contributed by atoms with Crippen molar-refractivity contribution in [3.05, 3.63) is 54.4 Å². The quantitative estimate of drug-likeness (QED) is 0.412. The molecule has 3 rings (SSSR count). The molecule has 35 heavy (non-hydrogen) atoms. The summed E-state index contributed by atoms with van der Waals surface area (Å²) in [6.45, 7) is 3.47. The molecular formula is C24H33ClN4O5S. The average molecular weight is 525 g/mol. The van der Waals surface area contributed by atoms with Crippen LogP contribution >= 0.6 is 12.4 Å². The number of rotatable bonds is 11. The molecule has 0 aliphatic carbocycles. The van der Waals surface area contributed by atoms with Crippen molar-refractivity contribution >= 4 is 45.7 Å². The second kappa shape index (κ2) is 13.4. The normalized spacial score (nSPS) is 15.2. The molecule has 0 saturated carbocycles. The molecule has 1 aromatic carbocycles. The molecule has 9 nitrogen and oxygen atoms in total. The molecule has 0 radical (unpaired) electrons. The zero-order valence-corrected chi connectivity index (χ0v) is 21.4. The van der Waals surface area contributed by atoms with Gasteiger partial charge in [0.25, 0.3) is 0 Å². The van der Waals surface area contributed by atoms with Crippen molar-refractivity contribution in [2.24, 2.45) is 5.92 Å². The van der Waals surface area contributed by atoms with Crippen LogP contribution in [0.25, 0.3) is 0 Å². The molecule has 2 aromatic rings. The lowest BCUT2D eigenvalue weighted by Gasteiger charge is -2.32. The summed E-state index contributed by atoms with van der Waals surface area (Å²) in [5, 5.41) is 12.4. The number of benzene rings is 1. The third-order valence-electron chi connectivity index (χ3n) is 5.94. The van der Waals surface area contributed by atoms with Gasteiger partial charge >= 0.3 is 5.97 Å². The number of unbranched alkanes of at least 4 members (excludes halogenated alkanes) is 1.